The van der Waals surface area contributed by atoms with Gasteiger partial charge in [0.05, 0.1) is 22.3 Å². The number of aromatic nitrogens is 2. The summed E-state index contributed by atoms with van der Waals surface area (Å²) in [6.07, 6.45) is 1.74. The third kappa shape index (κ3) is 4.08. The molecular formula is C29H27N3O2S. The summed E-state index contributed by atoms with van der Waals surface area (Å²) in [6.45, 7) is 6.29. The molecule has 35 heavy (non-hydrogen) atoms. The summed E-state index contributed by atoms with van der Waals surface area (Å²) < 4.78 is 1.61. The van der Waals surface area contributed by atoms with Crippen molar-refractivity contribution in [3.63, 3.8) is 0 Å². The van der Waals surface area contributed by atoms with Crippen LogP contribution in [0.15, 0.2) is 94.5 Å². The first kappa shape index (κ1) is 23.1. The Morgan fingerprint density at radius 1 is 1.00 bits per heavy atom. The van der Waals surface area contributed by atoms with E-state index in [1.165, 1.54) is 17.3 Å². The highest BCUT2D eigenvalue weighted by Gasteiger charge is 2.38. The molecule has 1 aliphatic rings. The van der Waals surface area contributed by atoms with E-state index in [2.05, 4.69) is 30.9 Å². The van der Waals surface area contributed by atoms with Gasteiger partial charge in [-0.15, -0.1) is 0 Å². The first-order chi connectivity index (χ1) is 16.8. The summed E-state index contributed by atoms with van der Waals surface area (Å²) in [5.74, 6) is 0.163. The lowest BCUT2D eigenvalue weighted by molar-refractivity contribution is -0.112. The number of carbonyl (C=O) groups is 1. The molecule has 1 aliphatic heterocycles. The minimum atomic E-state index is -0.267. The molecule has 0 saturated carbocycles. The van der Waals surface area contributed by atoms with Gasteiger partial charge in [-0.25, -0.2) is 4.98 Å². The Kier molecular flexibility index (Phi) is 5.85. The SMILES string of the molecule is Cc1ccc(-n2c(SCC(=O)C=C3N(C)c4ccccc4C3(C)C)nc3ccccc3c2=O)cc1. The van der Waals surface area contributed by atoms with Crippen LogP contribution in [0.3, 0.4) is 0 Å². The quantitative estimate of drug-likeness (QED) is 0.209. The number of ketones is 1. The fraction of sp³-hybridized carbons (Fsp3) is 0.207. The van der Waals surface area contributed by atoms with Gasteiger partial charge in [0.1, 0.15) is 0 Å². The van der Waals surface area contributed by atoms with Crippen LogP contribution < -0.4 is 10.5 Å². The minimum Gasteiger partial charge on any atom is -0.347 e. The monoisotopic (exact) mass is 481 g/mol. The van der Waals surface area contributed by atoms with Gasteiger partial charge < -0.3 is 4.90 Å². The molecule has 0 fully saturated rings. The van der Waals surface area contributed by atoms with Crippen molar-refractivity contribution in [2.45, 2.75) is 31.3 Å². The molecular weight excluding hydrogens is 454 g/mol. The normalized spacial score (nSPS) is 15.5. The van der Waals surface area contributed by atoms with Crippen LogP contribution in [0.2, 0.25) is 0 Å². The number of hydrogen-bond donors (Lipinski definition) is 0. The summed E-state index contributed by atoms with van der Waals surface area (Å²) in [5.41, 5.74) is 5.35. The summed E-state index contributed by atoms with van der Waals surface area (Å²) in [6, 6.07) is 23.3. The van der Waals surface area contributed by atoms with Crippen molar-refractivity contribution in [1.29, 1.82) is 0 Å². The molecule has 0 spiro atoms. The maximum Gasteiger partial charge on any atom is 0.266 e. The maximum atomic E-state index is 13.4. The predicted molar refractivity (Wildman–Crippen MR) is 144 cm³/mol. The van der Waals surface area contributed by atoms with Crippen molar-refractivity contribution < 1.29 is 4.79 Å². The zero-order chi connectivity index (χ0) is 24.7. The number of rotatable bonds is 5. The average Bonchev–Trinajstić information content (AvgIpc) is 3.04. The Hall–Kier alpha value is -3.64. The number of para-hydroxylation sites is 2. The van der Waals surface area contributed by atoms with E-state index >= 15 is 0 Å². The number of hydrogen-bond acceptors (Lipinski definition) is 5. The van der Waals surface area contributed by atoms with Gasteiger partial charge in [0.25, 0.3) is 5.56 Å². The molecule has 1 aromatic heterocycles. The molecule has 0 aliphatic carbocycles. The molecule has 2 heterocycles. The van der Waals surface area contributed by atoms with Crippen LogP contribution >= 0.6 is 11.8 Å². The minimum absolute atomic E-state index is 0.0180. The van der Waals surface area contributed by atoms with E-state index < -0.39 is 0 Å². The largest absolute Gasteiger partial charge is 0.347 e. The summed E-state index contributed by atoms with van der Waals surface area (Å²) in [7, 11) is 2.00. The van der Waals surface area contributed by atoms with Gasteiger partial charge in [0, 0.05) is 29.9 Å². The molecule has 0 amide bonds. The Balaban J connectivity index is 1.49. The van der Waals surface area contributed by atoms with Crippen LogP contribution in [0.5, 0.6) is 0 Å². The molecule has 3 aromatic carbocycles. The fourth-order valence-corrected chi connectivity index (χ4v) is 5.55. The van der Waals surface area contributed by atoms with Crippen molar-refractivity contribution >= 4 is 34.1 Å². The molecule has 4 aromatic rings. The van der Waals surface area contributed by atoms with Gasteiger partial charge in [0.15, 0.2) is 10.9 Å². The molecule has 5 rings (SSSR count). The van der Waals surface area contributed by atoms with E-state index in [9.17, 15) is 9.59 Å². The van der Waals surface area contributed by atoms with E-state index in [1.54, 1.807) is 16.7 Å². The lowest BCUT2D eigenvalue weighted by atomic mass is 9.83. The highest BCUT2D eigenvalue weighted by atomic mass is 32.2. The zero-order valence-electron chi connectivity index (χ0n) is 20.3. The van der Waals surface area contributed by atoms with Gasteiger partial charge in [-0.3, -0.25) is 14.2 Å². The number of nitrogens with zero attached hydrogens (tertiary/aromatic N) is 3. The molecule has 176 valence electrons. The van der Waals surface area contributed by atoms with E-state index in [-0.39, 0.29) is 22.5 Å². The van der Waals surface area contributed by atoms with Crippen molar-refractivity contribution in [2.24, 2.45) is 0 Å². The van der Waals surface area contributed by atoms with Crippen LogP contribution in [0.1, 0.15) is 25.0 Å². The molecule has 0 unspecified atom stereocenters. The number of likely N-dealkylation sites (N-methyl/N-ethyl adjacent to an activating group) is 1. The van der Waals surface area contributed by atoms with E-state index in [1.807, 2.05) is 68.6 Å². The number of benzene rings is 3. The van der Waals surface area contributed by atoms with Gasteiger partial charge in [0.2, 0.25) is 0 Å². The fourth-order valence-electron chi connectivity index (χ4n) is 4.72. The first-order valence-corrected chi connectivity index (χ1v) is 12.6. The van der Waals surface area contributed by atoms with Crippen LogP contribution in [-0.4, -0.2) is 28.1 Å². The Bertz CT molecular complexity index is 1530. The van der Waals surface area contributed by atoms with Crippen LogP contribution in [-0.2, 0) is 10.2 Å². The van der Waals surface area contributed by atoms with Gasteiger partial charge >= 0.3 is 0 Å². The number of anilines is 1. The van der Waals surface area contributed by atoms with E-state index in [0.717, 1.165) is 22.6 Å². The molecule has 6 heteroatoms. The zero-order valence-corrected chi connectivity index (χ0v) is 21.1. The lowest BCUT2D eigenvalue weighted by Crippen LogP contribution is -2.24. The molecule has 0 bridgehead atoms. The second kappa shape index (κ2) is 8.86. The molecule has 0 atom stereocenters. The van der Waals surface area contributed by atoms with Gasteiger partial charge in [-0.1, -0.05) is 73.6 Å². The average molecular weight is 482 g/mol. The predicted octanol–water partition coefficient (Wildman–Crippen LogP) is 5.67. The molecule has 0 radical (unpaired) electrons. The second-order valence-corrected chi connectivity index (χ2v) is 10.3. The number of allylic oxidation sites excluding steroid dienone is 2. The smallest absolute Gasteiger partial charge is 0.266 e. The first-order valence-electron chi connectivity index (χ1n) is 11.6. The Morgan fingerprint density at radius 2 is 1.69 bits per heavy atom. The number of aryl methyl sites for hydroxylation is 1. The third-order valence-corrected chi connectivity index (χ3v) is 7.58. The summed E-state index contributed by atoms with van der Waals surface area (Å²) in [5, 5.41) is 1.06. The number of carbonyl (C=O) groups excluding carboxylic acids is 1. The highest BCUT2D eigenvalue weighted by Crippen LogP contribution is 2.46. The van der Waals surface area contributed by atoms with E-state index in [4.69, 9.17) is 4.98 Å². The van der Waals surface area contributed by atoms with Crippen LogP contribution in [0, 0.1) is 6.92 Å². The lowest BCUT2D eigenvalue weighted by Gasteiger charge is -2.24. The van der Waals surface area contributed by atoms with Gasteiger partial charge in [-0.05, 0) is 42.8 Å². The topological polar surface area (TPSA) is 55.2 Å². The third-order valence-electron chi connectivity index (χ3n) is 6.62. The Labute approximate surface area is 209 Å². The molecule has 0 saturated heterocycles. The molecule has 0 N–H and O–H groups in total. The Morgan fingerprint density at radius 3 is 2.43 bits per heavy atom. The second-order valence-electron chi connectivity index (χ2n) is 9.37. The van der Waals surface area contributed by atoms with Crippen LogP contribution in [0.4, 0.5) is 5.69 Å². The van der Waals surface area contributed by atoms with Crippen molar-refractivity contribution in [1.82, 2.24) is 9.55 Å². The van der Waals surface area contributed by atoms with Crippen molar-refractivity contribution in [3.05, 3.63) is 106 Å². The number of thioether (sulfide) groups is 1. The highest BCUT2D eigenvalue weighted by molar-refractivity contribution is 7.99. The summed E-state index contributed by atoms with van der Waals surface area (Å²) >= 11 is 1.29. The maximum absolute atomic E-state index is 13.4. The van der Waals surface area contributed by atoms with Crippen LogP contribution in [0.25, 0.3) is 16.6 Å². The van der Waals surface area contributed by atoms with Crippen molar-refractivity contribution in [3.8, 4) is 5.69 Å². The van der Waals surface area contributed by atoms with E-state index in [0.29, 0.717) is 16.1 Å². The summed E-state index contributed by atoms with van der Waals surface area (Å²) in [4.78, 5) is 33.4. The van der Waals surface area contributed by atoms with Crippen molar-refractivity contribution in [2.75, 3.05) is 17.7 Å². The standard InChI is InChI=1S/C29H27N3O2S/c1-19-13-15-20(16-14-19)32-27(34)22-9-5-7-11-24(22)30-28(32)35-18-21(33)17-26-29(2,3)23-10-6-8-12-25(23)31(26)4/h5-17H,18H2,1-4H3. The van der Waals surface area contributed by atoms with Gasteiger partial charge in [-0.2, -0.15) is 0 Å². The molecule has 5 nitrogen and oxygen atoms in total. The number of fused-ring (bicyclic) bond motifs is 2.